The predicted molar refractivity (Wildman–Crippen MR) is 118 cm³/mol. The number of benzene rings is 3. The Bertz CT molecular complexity index is 946. The quantitative estimate of drug-likeness (QED) is 0.497. The minimum atomic E-state index is -0.542. The van der Waals surface area contributed by atoms with Gasteiger partial charge in [0.05, 0.1) is 12.3 Å². The smallest absolute Gasteiger partial charge is 0.246 e. The van der Waals surface area contributed by atoms with Crippen molar-refractivity contribution in [3.8, 4) is 5.75 Å². The third-order valence-corrected chi connectivity index (χ3v) is 4.84. The number of ether oxygens (including phenoxy) is 1. The summed E-state index contributed by atoms with van der Waals surface area (Å²) in [5, 5.41) is 7.12. The maximum absolute atomic E-state index is 13.2. The number of hydrogen-bond acceptors (Lipinski definition) is 3. The molecule has 2 atom stereocenters. The van der Waals surface area contributed by atoms with Crippen LogP contribution in [0.1, 0.15) is 37.1 Å². The summed E-state index contributed by atoms with van der Waals surface area (Å²) in [6, 6.07) is 24.1. The van der Waals surface area contributed by atoms with Gasteiger partial charge in [0, 0.05) is 11.1 Å². The fourth-order valence-electron chi connectivity index (χ4n) is 3.15. The second kappa shape index (κ2) is 10.1. The van der Waals surface area contributed by atoms with Crippen molar-refractivity contribution in [2.24, 2.45) is 0 Å². The second-order valence-electron chi connectivity index (χ2n) is 6.71. The molecule has 5 heteroatoms. The van der Waals surface area contributed by atoms with Gasteiger partial charge in [-0.25, -0.2) is 0 Å². The molecule has 0 aliphatic rings. The molecule has 0 heterocycles. The van der Waals surface area contributed by atoms with Crippen molar-refractivity contribution < 1.29 is 9.53 Å². The largest absolute Gasteiger partial charge is 0.492 e. The molecule has 0 aromatic heterocycles. The number of hydrogen-bond donors (Lipinski definition) is 2. The SMILES string of the molecule is CCOc1ccccc1NC(=O)[C@H](N[C@H](C)c1cccc(Cl)c1)c1ccccc1. The van der Waals surface area contributed by atoms with E-state index in [1.54, 1.807) is 0 Å². The molecule has 0 saturated carbocycles. The molecular weight excluding hydrogens is 384 g/mol. The van der Waals surface area contributed by atoms with Gasteiger partial charge in [0.2, 0.25) is 5.91 Å². The molecule has 3 aromatic rings. The zero-order valence-corrected chi connectivity index (χ0v) is 17.3. The van der Waals surface area contributed by atoms with Crippen LogP contribution in [0.25, 0.3) is 0 Å². The molecule has 4 nitrogen and oxygen atoms in total. The van der Waals surface area contributed by atoms with Gasteiger partial charge in [-0.1, -0.05) is 66.2 Å². The zero-order valence-electron chi connectivity index (χ0n) is 16.6. The molecule has 150 valence electrons. The number of nitrogens with one attached hydrogen (secondary N) is 2. The fourth-order valence-corrected chi connectivity index (χ4v) is 3.35. The van der Waals surface area contributed by atoms with Gasteiger partial charge in [0.15, 0.2) is 0 Å². The van der Waals surface area contributed by atoms with Crippen LogP contribution in [0.2, 0.25) is 5.02 Å². The van der Waals surface area contributed by atoms with Crippen LogP contribution in [0.5, 0.6) is 5.75 Å². The first-order chi connectivity index (χ1) is 14.1. The van der Waals surface area contributed by atoms with Crippen molar-refractivity contribution in [3.05, 3.63) is 95.0 Å². The monoisotopic (exact) mass is 408 g/mol. The highest BCUT2D eigenvalue weighted by Crippen LogP contribution is 2.27. The van der Waals surface area contributed by atoms with Crippen molar-refractivity contribution in [1.82, 2.24) is 5.32 Å². The van der Waals surface area contributed by atoms with E-state index in [0.29, 0.717) is 23.1 Å². The van der Waals surface area contributed by atoms with Gasteiger partial charge in [0.25, 0.3) is 0 Å². The van der Waals surface area contributed by atoms with E-state index in [-0.39, 0.29) is 11.9 Å². The van der Waals surface area contributed by atoms with Crippen LogP contribution in [-0.2, 0) is 4.79 Å². The van der Waals surface area contributed by atoms with Crippen LogP contribution in [0.4, 0.5) is 5.69 Å². The summed E-state index contributed by atoms with van der Waals surface area (Å²) >= 11 is 6.14. The summed E-state index contributed by atoms with van der Waals surface area (Å²) < 4.78 is 5.64. The standard InChI is InChI=1S/C24H25ClN2O2/c1-3-29-22-15-8-7-14-21(22)27-24(28)23(18-10-5-4-6-11-18)26-17(2)19-12-9-13-20(25)16-19/h4-17,23,26H,3H2,1-2H3,(H,27,28)/t17-,23-/m1/s1. The highest BCUT2D eigenvalue weighted by Gasteiger charge is 2.24. The van der Waals surface area contributed by atoms with Crippen molar-refractivity contribution in [1.29, 1.82) is 0 Å². The molecular formula is C24H25ClN2O2. The lowest BCUT2D eigenvalue weighted by Crippen LogP contribution is -2.34. The van der Waals surface area contributed by atoms with E-state index in [9.17, 15) is 4.79 Å². The summed E-state index contributed by atoms with van der Waals surface area (Å²) in [6.45, 7) is 4.46. The normalized spacial score (nSPS) is 12.8. The van der Waals surface area contributed by atoms with E-state index in [2.05, 4.69) is 10.6 Å². The van der Waals surface area contributed by atoms with Crippen LogP contribution >= 0.6 is 11.6 Å². The lowest BCUT2D eigenvalue weighted by Gasteiger charge is -2.24. The molecule has 0 aliphatic carbocycles. The van der Waals surface area contributed by atoms with Crippen LogP contribution in [0.3, 0.4) is 0 Å². The Morgan fingerprint density at radius 1 is 0.966 bits per heavy atom. The van der Waals surface area contributed by atoms with Crippen molar-refractivity contribution in [3.63, 3.8) is 0 Å². The highest BCUT2D eigenvalue weighted by molar-refractivity contribution is 6.30. The van der Waals surface area contributed by atoms with Crippen molar-refractivity contribution in [2.75, 3.05) is 11.9 Å². The number of carbonyl (C=O) groups excluding carboxylic acids is 1. The van der Waals surface area contributed by atoms with E-state index >= 15 is 0 Å². The summed E-state index contributed by atoms with van der Waals surface area (Å²) in [5.41, 5.74) is 2.55. The van der Waals surface area contributed by atoms with Gasteiger partial charge in [-0.15, -0.1) is 0 Å². The Labute approximate surface area is 176 Å². The Kier molecular flexibility index (Phi) is 7.28. The molecule has 0 unspecified atom stereocenters. The lowest BCUT2D eigenvalue weighted by molar-refractivity contribution is -0.118. The third-order valence-electron chi connectivity index (χ3n) is 4.61. The molecule has 0 radical (unpaired) electrons. The second-order valence-corrected chi connectivity index (χ2v) is 7.14. The Hall–Kier alpha value is -2.82. The first-order valence-electron chi connectivity index (χ1n) is 9.67. The Morgan fingerprint density at radius 3 is 2.38 bits per heavy atom. The average Bonchev–Trinajstić information content (AvgIpc) is 2.74. The fraction of sp³-hybridized carbons (Fsp3) is 0.208. The van der Waals surface area contributed by atoms with E-state index in [4.69, 9.17) is 16.3 Å². The predicted octanol–water partition coefficient (Wildman–Crippen LogP) is 5.77. The molecule has 3 aromatic carbocycles. The van der Waals surface area contributed by atoms with Crippen molar-refractivity contribution in [2.45, 2.75) is 25.9 Å². The first-order valence-corrected chi connectivity index (χ1v) is 10.1. The Balaban J connectivity index is 1.85. The average molecular weight is 409 g/mol. The number of carbonyl (C=O) groups is 1. The summed E-state index contributed by atoms with van der Waals surface area (Å²) in [7, 11) is 0. The van der Waals surface area contributed by atoms with Crippen molar-refractivity contribution >= 4 is 23.2 Å². The third kappa shape index (κ3) is 5.59. The first kappa shape index (κ1) is 20.9. The van der Waals surface area contributed by atoms with Gasteiger partial charge in [-0.2, -0.15) is 0 Å². The molecule has 0 aliphatic heterocycles. The molecule has 1 amide bonds. The minimum absolute atomic E-state index is 0.0770. The summed E-state index contributed by atoms with van der Waals surface area (Å²) in [4.78, 5) is 13.2. The van der Waals surface area contributed by atoms with Crippen LogP contribution in [0, 0.1) is 0 Å². The molecule has 3 rings (SSSR count). The number of halogens is 1. The number of rotatable bonds is 8. The van der Waals surface area contributed by atoms with Gasteiger partial charge in [-0.3, -0.25) is 10.1 Å². The topological polar surface area (TPSA) is 50.4 Å². The maximum atomic E-state index is 13.2. The van der Waals surface area contributed by atoms with Gasteiger partial charge >= 0.3 is 0 Å². The molecule has 29 heavy (non-hydrogen) atoms. The molecule has 2 N–H and O–H groups in total. The summed E-state index contributed by atoms with van der Waals surface area (Å²) in [6.07, 6.45) is 0. The van der Waals surface area contributed by atoms with Crippen LogP contribution in [0.15, 0.2) is 78.9 Å². The maximum Gasteiger partial charge on any atom is 0.246 e. The molecule has 0 spiro atoms. The molecule has 0 fully saturated rings. The summed E-state index contributed by atoms with van der Waals surface area (Å²) in [5.74, 6) is 0.496. The Morgan fingerprint density at radius 2 is 1.66 bits per heavy atom. The molecule has 0 saturated heterocycles. The minimum Gasteiger partial charge on any atom is -0.492 e. The van der Waals surface area contributed by atoms with Gasteiger partial charge in [-0.05, 0) is 49.2 Å². The zero-order chi connectivity index (χ0) is 20.6. The number of para-hydroxylation sites is 2. The molecule has 0 bridgehead atoms. The van der Waals surface area contributed by atoms with E-state index < -0.39 is 6.04 Å². The van der Waals surface area contributed by atoms with E-state index in [0.717, 1.165) is 11.1 Å². The van der Waals surface area contributed by atoms with Crippen LogP contribution < -0.4 is 15.4 Å². The number of anilines is 1. The van der Waals surface area contributed by atoms with Gasteiger partial charge in [0.1, 0.15) is 11.8 Å². The lowest BCUT2D eigenvalue weighted by atomic mass is 10.0. The highest BCUT2D eigenvalue weighted by atomic mass is 35.5. The van der Waals surface area contributed by atoms with Crippen LogP contribution in [-0.4, -0.2) is 12.5 Å². The van der Waals surface area contributed by atoms with E-state index in [1.165, 1.54) is 0 Å². The van der Waals surface area contributed by atoms with Gasteiger partial charge < -0.3 is 10.1 Å². The van der Waals surface area contributed by atoms with E-state index in [1.807, 2.05) is 92.7 Å². The number of amides is 1.